The second-order valence-electron chi connectivity index (χ2n) is 4.30. The smallest absolute Gasteiger partial charge is 0.0243 e. The van der Waals surface area contributed by atoms with Crippen LogP contribution in [-0.2, 0) is 6.42 Å². The third kappa shape index (κ3) is 3.72. The number of rotatable bonds is 5. The Morgan fingerprint density at radius 3 is 2.75 bits per heavy atom. The van der Waals surface area contributed by atoms with Gasteiger partial charge in [0, 0.05) is 12.5 Å². The minimum Gasteiger partial charge on any atom is -0.313 e. The van der Waals surface area contributed by atoms with Crippen molar-refractivity contribution < 1.29 is 0 Å². The zero-order valence-electron chi connectivity index (χ0n) is 10.5. The molecule has 0 saturated carbocycles. The quantitative estimate of drug-likeness (QED) is 0.745. The van der Waals surface area contributed by atoms with Gasteiger partial charge in [0.15, 0.2) is 0 Å². The number of hydrogen-bond donors (Lipinski definition) is 1. The first-order valence-electron chi connectivity index (χ1n) is 5.90. The summed E-state index contributed by atoms with van der Waals surface area (Å²) in [7, 11) is 0. The minimum absolute atomic E-state index is 0.399. The van der Waals surface area contributed by atoms with Crippen molar-refractivity contribution in [2.24, 2.45) is 0 Å². The van der Waals surface area contributed by atoms with Crippen LogP contribution >= 0.6 is 0 Å². The van der Waals surface area contributed by atoms with Gasteiger partial charge in [0.1, 0.15) is 0 Å². The maximum absolute atomic E-state index is 5.39. The molecule has 0 aliphatic carbocycles. The lowest BCUT2D eigenvalue weighted by molar-refractivity contribution is 0.534. The average molecular weight is 215 g/mol. The highest BCUT2D eigenvalue weighted by Gasteiger charge is 2.08. The number of terminal acetylenes is 1. The zero-order valence-corrected chi connectivity index (χ0v) is 10.5. The molecule has 1 unspecified atom stereocenters. The Hall–Kier alpha value is -1.26. The van der Waals surface area contributed by atoms with E-state index in [0.717, 1.165) is 19.4 Å². The van der Waals surface area contributed by atoms with Gasteiger partial charge in [0.2, 0.25) is 0 Å². The first-order valence-corrected chi connectivity index (χ1v) is 5.90. The number of hydrogen-bond acceptors (Lipinski definition) is 1. The highest BCUT2D eigenvalue weighted by molar-refractivity contribution is 5.31. The van der Waals surface area contributed by atoms with Gasteiger partial charge < -0.3 is 5.32 Å². The largest absolute Gasteiger partial charge is 0.313 e. The van der Waals surface area contributed by atoms with Crippen molar-refractivity contribution in [1.82, 2.24) is 5.32 Å². The molecule has 0 spiro atoms. The minimum atomic E-state index is 0.399. The molecule has 1 nitrogen and oxygen atoms in total. The van der Waals surface area contributed by atoms with E-state index in [0.29, 0.717) is 6.04 Å². The van der Waals surface area contributed by atoms with Crippen LogP contribution in [0.3, 0.4) is 0 Å². The lowest BCUT2D eigenvalue weighted by Gasteiger charge is -2.17. The summed E-state index contributed by atoms with van der Waals surface area (Å²) in [5, 5.41) is 3.44. The molecule has 0 amide bonds. The predicted molar refractivity (Wildman–Crippen MR) is 70.5 cm³/mol. The Morgan fingerprint density at radius 1 is 1.38 bits per heavy atom. The van der Waals surface area contributed by atoms with Gasteiger partial charge in [-0.15, -0.1) is 12.3 Å². The lowest BCUT2D eigenvalue weighted by atomic mass is 9.97. The van der Waals surface area contributed by atoms with Crippen molar-refractivity contribution in [1.29, 1.82) is 0 Å². The summed E-state index contributed by atoms with van der Waals surface area (Å²) in [6.07, 6.45) is 7.20. The van der Waals surface area contributed by atoms with Crippen molar-refractivity contribution in [3.8, 4) is 12.3 Å². The van der Waals surface area contributed by atoms with Gasteiger partial charge in [0.05, 0.1) is 0 Å². The highest BCUT2D eigenvalue weighted by atomic mass is 14.9. The number of aryl methyl sites for hydroxylation is 2. The van der Waals surface area contributed by atoms with Crippen molar-refractivity contribution >= 4 is 0 Å². The van der Waals surface area contributed by atoms with Gasteiger partial charge >= 0.3 is 0 Å². The first kappa shape index (κ1) is 12.8. The van der Waals surface area contributed by atoms with E-state index < -0.39 is 0 Å². The van der Waals surface area contributed by atoms with E-state index in [2.05, 4.69) is 50.2 Å². The van der Waals surface area contributed by atoms with Crippen LogP contribution in [0.25, 0.3) is 0 Å². The van der Waals surface area contributed by atoms with Crippen molar-refractivity contribution in [3.63, 3.8) is 0 Å². The van der Waals surface area contributed by atoms with Crippen LogP contribution in [-0.4, -0.2) is 12.6 Å². The molecule has 0 radical (unpaired) electrons. The molecule has 1 N–H and O–H groups in total. The summed E-state index contributed by atoms with van der Waals surface area (Å²) >= 11 is 0. The predicted octanol–water partition coefficient (Wildman–Crippen LogP) is 2.85. The Balaban J connectivity index is 2.76. The van der Waals surface area contributed by atoms with E-state index in [9.17, 15) is 0 Å². The molecule has 86 valence electrons. The summed E-state index contributed by atoms with van der Waals surface area (Å²) in [6.45, 7) is 7.38. The van der Waals surface area contributed by atoms with Crippen LogP contribution in [0.4, 0.5) is 0 Å². The molecule has 0 aliphatic rings. The van der Waals surface area contributed by atoms with E-state index in [4.69, 9.17) is 6.42 Å². The van der Waals surface area contributed by atoms with Crippen LogP contribution in [0, 0.1) is 26.2 Å². The molecule has 1 atom stereocenters. The van der Waals surface area contributed by atoms with Crippen LogP contribution in [0.15, 0.2) is 18.2 Å². The van der Waals surface area contributed by atoms with E-state index in [-0.39, 0.29) is 0 Å². The summed E-state index contributed by atoms with van der Waals surface area (Å²) in [5.41, 5.74) is 4.07. The van der Waals surface area contributed by atoms with Gasteiger partial charge in [-0.25, -0.2) is 0 Å². The summed E-state index contributed by atoms with van der Waals surface area (Å²) < 4.78 is 0. The molecule has 16 heavy (non-hydrogen) atoms. The molecule has 0 bridgehead atoms. The monoisotopic (exact) mass is 215 g/mol. The van der Waals surface area contributed by atoms with E-state index in [1.54, 1.807) is 0 Å². The van der Waals surface area contributed by atoms with Gasteiger partial charge in [-0.3, -0.25) is 0 Å². The molecule has 0 saturated heterocycles. The van der Waals surface area contributed by atoms with Gasteiger partial charge in [-0.05, 0) is 37.9 Å². The fourth-order valence-electron chi connectivity index (χ4n) is 1.93. The van der Waals surface area contributed by atoms with Gasteiger partial charge in [0.25, 0.3) is 0 Å². The topological polar surface area (TPSA) is 12.0 Å². The molecule has 0 aromatic heterocycles. The number of nitrogens with one attached hydrogen (secondary N) is 1. The van der Waals surface area contributed by atoms with E-state index >= 15 is 0 Å². The zero-order chi connectivity index (χ0) is 12.0. The SMILES string of the molecule is C#CCC(Cc1cc(C)ccc1C)NCC. The summed E-state index contributed by atoms with van der Waals surface area (Å²) in [4.78, 5) is 0. The Labute approximate surface area is 99.3 Å². The molecular formula is C15H21N. The van der Waals surface area contributed by atoms with Crippen molar-refractivity contribution in [2.75, 3.05) is 6.54 Å². The van der Waals surface area contributed by atoms with Crippen molar-refractivity contribution in [3.05, 3.63) is 34.9 Å². The van der Waals surface area contributed by atoms with Gasteiger partial charge in [-0.1, -0.05) is 30.7 Å². The van der Waals surface area contributed by atoms with Gasteiger partial charge in [-0.2, -0.15) is 0 Å². The maximum atomic E-state index is 5.39. The molecule has 1 aromatic carbocycles. The Bertz CT molecular complexity index is 374. The third-order valence-corrected chi connectivity index (χ3v) is 2.83. The second-order valence-corrected chi connectivity index (χ2v) is 4.30. The van der Waals surface area contributed by atoms with Crippen LogP contribution < -0.4 is 5.32 Å². The molecule has 1 heteroatoms. The molecule has 1 aromatic rings. The van der Waals surface area contributed by atoms with E-state index in [1.807, 2.05) is 0 Å². The molecular weight excluding hydrogens is 194 g/mol. The third-order valence-electron chi connectivity index (χ3n) is 2.83. The van der Waals surface area contributed by atoms with Crippen molar-refractivity contribution in [2.45, 2.75) is 39.7 Å². The summed E-state index contributed by atoms with van der Waals surface area (Å²) in [6, 6.07) is 7.00. The molecule has 0 heterocycles. The highest BCUT2D eigenvalue weighted by Crippen LogP contribution is 2.13. The summed E-state index contributed by atoms with van der Waals surface area (Å²) in [5.74, 6) is 2.74. The van der Waals surface area contributed by atoms with Crippen LogP contribution in [0.1, 0.15) is 30.0 Å². The Kier molecular flexibility index (Phi) is 5.08. The first-order chi connectivity index (χ1) is 7.67. The normalized spacial score (nSPS) is 12.1. The number of benzene rings is 1. The maximum Gasteiger partial charge on any atom is 0.0243 e. The fraction of sp³-hybridized carbons (Fsp3) is 0.467. The lowest BCUT2D eigenvalue weighted by Crippen LogP contribution is -2.30. The standard InChI is InChI=1S/C15H21N/c1-5-7-15(16-6-2)11-14-10-12(3)8-9-13(14)4/h1,8-10,15-16H,6-7,11H2,2-4H3. The average Bonchev–Trinajstić information content (AvgIpc) is 2.24. The number of likely N-dealkylation sites (N-methyl/N-ethyl adjacent to an activating group) is 1. The Morgan fingerprint density at radius 2 is 2.12 bits per heavy atom. The van der Waals surface area contributed by atoms with E-state index in [1.165, 1.54) is 16.7 Å². The van der Waals surface area contributed by atoms with Crippen LogP contribution in [0.5, 0.6) is 0 Å². The molecule has 0 aliphatic heterocycles. The fourth-order valence-corrected chi connectivity index (χ4v) is 1.93. The molecule has 0 fully saturated rings. The molecule has 1 rings (SSSR count). The second kappa shape index (κ2) is 6.35. The van der Waals surface area contributed by atoms with Crippen LogP contribution in [0.2, 0.25) is 0 Å².